The Morgan fingerprint density at radius 3 is 2.00 bits per heavy atom. The molecular formula is C14H25NO2. The van der Waals surface area contributed by atoms with Gasteiger partial charge in [-0.05, 0) is 39.0 Å². The minimum atomic E-state index is -0.415. The molecule has 1 aliphatic heterocycles. The summed E-state index contributed by atoms with van der Waals surface area (Å²) in [6.45, 7) is 12.0. The van der Waals surface area contributed by atoms with Gasteiger partial charge in [-0.1, -0.05) is 20.8 Å². The first kappa shape index (κ1) is 14.2. The van der Waals surface area contributed by atoms with E-state index in [0.717, 1.165) is 12.8 Å². The molecule has 1 saturated heterocycles. The normalized spacial score (nSPS) is 23.9. The number of rotatable bonds is 0. The third-order valence-corrected chi connectivity index (χ3v) is 3.37. The van der Waals surface area contributed by atoms with E-state index in [1.165, 1.54) is 4.90 Å². The summed E-state index contributed by atoms with van der Waals surface area (Å²) >= 11 is 0. The third-order valence-electron chi connectivity index (χ3n) is 3.37. The summed E-state index contributed by atoms with van der Waals surface area (Å²) in [6, 6.07) is 0. The summed E-state index contributed by atoms with van der Waals surface area (Å²) in [5, 5.41) is 0. The lowest BCUT2D eigenvalue weighted by molar-refractivity contribution is -0.153. The Hall–Kier alpha value is -0.860. The molecule has 0 aromatic rings. The molecule has 17 heavy (non-hydrogen) atoms. The van der Waals surface area contributed by atoms with Crippen molar-refractivity contribution >= 4 is 11.8 Å². The van der Waals surface area contributed by atoms with E-state index in [0.29, 0.717) is 6.42 Å². The van der Waals surface area contributed by atoms with E-state index in [9.17, 15) is 9.59 Å². The first-order valence-corrected chi connectivity index (χ1v) is 6.42. The van der Waals surface area contributed by atoms with Gasteiger partial charge >= 0.3 is 0 Å². The molecule has 0 aromatic carbocycles. The van der Waals surface area contributed by atoms with Gasteiger partial charge in [0.25, 0.3) is 0 Å². The molecule has 1 atom stereocenters. The number of imide groups is 1. The fraction of sp³-hybridized carbons (Fsp3) is 0.857. The van der Waals surface area contributed by atoms with Crippen LogP contribution in [-0.2, 0) is 9.59 Å². The molecule has 1 aliphatic rings. The number of hydrogen-bond donors (Lipinski definition) is 0. The lowest BCUT2D eigenvalue weighted by Gasteiger charge is -2.38. The van der Waals surface area contributed by atoms with Crippen LogP contribution in [0.25, 0.3) is 0 Å². The van der Waals surface area contributed by atoms with Crippen LogP contribution < -0.4 is 0 Å². The topological polar surface area (TPSA) is 37.4 Å². The van der Waals surface area contributed by atoms with E-state index in [1.807, 2.05) is 20.8 Å². The van der Waals surface area contributed by atoms with Crippen LogP contribution in [0, 0.1) is 11.3 Å². The zero-order valence-corrected chi connectivity index (χ0v) is 12.0. The van der Waals surface area contributed by atoms with Crippen molar-refractivity contribution in [1.29, 1.82) is 0 Å². The summed E-state index contributed by atoms with van der Waals surface area (Å²) < 4.78 is 0. The smallest absolute Gasteiger partial charge is 0.233 e. The maximum Gasteiger partial charge on any atom is 0.233 e. The van der Waals surface area contributed by atoms with Gasteiger partial charge in [0.1, 0.15) is 0 Å². The number of carbonyl (C=O) groups excluding carboxylic acids is 2. The number of carbonyl (C=O) groups is 2. The first-order valence-electron chi connectivity index (χ1n) is 6.42. The summed E-state index contributed by atoms with van der Waals surface area (Å²) in [5.74, 6) is -0.0603. The summed E-state index contributed by atoms with van der Waals surface area (Å²) in [7, 11) is 0. The molecule has 0 N–H and O–H groups in total. The van der Waals surface area contributed by atoms with Crippen molar-refractivity contribution < 1.29 is 9.59 Å². The maximum atomic E-state index is 12.6. The SMILES string of the molecule is CC(C)(C)C1CCCC(=O)N(C(C)(C)C)C1=O. The molecule has 0 bridgehead atoms. The highest BCUT2D eigenvalue weighted by atomic mass is 16.2. The van der Waals surface area contributed by atoms with Crippen LogP contribution in [0.1, 0.15) is 60.8 Å². The van der Waals surface area contributed by atoms with Gasteiger partial charge in [0.05, 0.1) is 0 Å². The molecule has 3 heteroatoms. The van der Waals surface area contributed by atoms with E-state index >= 15 is 0 Å². The Morgan fingerprint density at radius 1 is 1.06 bits per heavy atom. The standard InChI is InChI=1S/C14H25NO2/c1-13(2,3)10-8-7-9-11(16)15(12(10)17)14(4,5)6/h10H,7-9H2,1-6H3. The van der Waals surface area contributed by atoms with Gasteiger partial charge in [0, 0.05) is 17.9 Å². The van der Waals surface area contributed by atoms with E-state index < -0.39 is 5.54 Å². The molecule has 1 fully saturated rings. The molecular weight excluding hydrogens is 214 g/mol. The van der Waals surface area contributed by atoms with Crippen molar-refractivity contribution in [3.8, 4) is 0 Å². The number of hydrogen-bond acceptors (Lipinski definition) is 2. The van der Waals surface area contributed by atoms with Crippen molar-refractivity contribution in [3.05, 3.63) is 0 Å². The van der Waals surface area contributed by atoms with E-state index in [2.05, 4.69) is 20.8 Å². The molecule has 98 valence electrons. The van der Waals surface area contributed by atoms with Crippen molar-refractivity contribution in [3.63, 3.8) is 0 Å². The Balaban J connectivity index is 3.10. The highest BCUT2D eigenvalue weighted by Crippen LogP contribution is 2.36. The van der Waals surface area contributed by atoms with Crippen molar-refractivity contribution in [1.82, 2.24) is 4.90 Å². The van der Waals surface area contributed by atoms with Crippen LogP contribution in [0.5, 0.6) is 0 Å². The number of likely N-dealkylation sites (tertiary alicyclic amines) is 1. The Labute approximate surface area is 105 Å². The van der Waals surface area contributed by atoms with Crippen LogP contribution in [0.2, 0.25) is 0 Å². The van der Waals surface area contributed by atoms with Crippen LogP contribution in [-0.4, -0.2) is 22.3 Å². The number of nitrogens with zero attached hydrogens (tertiary/aromatic N) is 1. The number of amides is 2. The van der Waals surface area contributed by atoms with Gasteiger partial charge in [-0.15, -0.1) is 0 Å². The van der Waals surface area contributed by atoms with Gasteiger partial charge in [0.15, 0.2) is 0 Å². The molecule has 3 nitrogen and oxygen atoms in total. The van der Waals surface area contributed by atoms with Gasteiger partial charge in [-0.2, -0.15) is 0 Å². The Kier molecular flexibility index (Phi) is 3.70. The predicted octanol–water partition coefficient (Wildman–Crippen LogP) is 2.99. The second-order valence-corrected chi connectivity index (χ2v) is 7.05. The molecule has 1 rings (SSSR count). The van der Waals surface area contributed by atoms with Crippen LogP contribution >= 0.6 is 0 Å². The molecule has 0 saturated carbocycles. The average Bonchev–Trinajstić information content (AvgIpc) is 2.20. The Morgan fingerprint density at radius 2 is 1.59 bits per heavy atom. The molecule has 0 aliphatic carbocycles. The molecule has 1 heterocycles. The monoisotopic (exact) mass is 239 g/mol. The van der Waals surface area contributed by atoms with E-state index in [4.69, 9.17) is 0 Å². The zero-order chi connectivity index (χ0) is 13.4. The predicted molar refractivity (Wildman–Crippen MR) is 68.4 cm³/mol. The highest BCUT2D eigenvalue weighted by molar-refractivity contribution is 5.98. The molecule has 2 amide bonds. The van der Waals surface area contributed by atoms with Gasteiger partial charge < -0.3 is 0 Å². The summed E-state index contributed by atoms with van der Waals surface area (Å²) in [4.78, 5) is 26.1. The minimum Gasteiger partial charge on any atom is -0.277 e. The largest absolute Gasteiger partial charge is 0.277 e. The van der Waals surface area contributed by atoms with Crippen LogP contribution in [0.3, 0.4) is 0 Å². The average molecular weight is 239 g/mol. The van der Waals surface area contributed by atoms with Crippen LogP contribution in [0.4, 0.5) is 0 Å². The van der Waals surface area contributed by atoms with Crippen molar-refractivity contribution in [2.24, 2.45) is 11.3 Å². The second-order valence-electron chi connectivity index (χ2n) is 7.05. The zero-order valence-electron chi connectivity index (χ0n) is 12.0. The van der Waals surface area contributed by atoms with E-state index in [1.54, 1.807) is 0 Å². The van der Waals surface area contributed by atoms with Gasteiger partial charge in [-0.25, -0.2) is 0 Å². The fourth-order valence-corrected chi connectivity index (χ4v) is 2.48. The van der Waals surface area contributed by atoms with Gasteiger partial charge in [0.2, 0.25) is 11.8 Å². The summed E-state index contributed by atoms with van der Waals surface area (Å²) in [5.41, 5.74) is -0.493. The maximum absolute atomic E-state index is 12.6. The fourth-order valence-electron chi connectivity index (χ4n) is 2.48. The minimum absolute atomic E-state index is 0.00694. The summed E-state index contributed by atoms with van der Waals surface area (Å²) in [6.07, 6.45) is 2.13. The van der Waals surface area contributed by atoms with Gasteiger partial charge in [-0.3, -0.25) is 14.5 Å². The Bertz CT molecular complexity index is 320. The van der Waals surface area contributed by atoms with Crippen LogP contribution in [0.15, 0.2) is 0 Å². The quantitative estimate of drug-likeness (QED) is 0.609. The third kappa shape index (κ3) is 3.08. The van der Waals surface area contributed by atoms with Crippen molar-refractivity contribution in [2.75, 3.05) is 0 Å². The lowest BCUT2D eigenvalue weighted by atomic mass is 9.77. The second kappa shape index (κ2) is 4.43. The first-order chi connectivity index (χ1) is 7.55. The van der Waals surface area contributed by atoms with Crippen molar-refractivity contribution in [2.45, 2.75) is 66.3 Å². The molecule has 1 unspecified atom stereocenters. The molecule has 0 aromatic heterocycles. The molecule has 0 radical (unpaired) electrons. The highest BCUT2D eigenvalue weighted by Gasteiger charge is 2.42. The lowest BCUT2D eigenvalue weighted by Crippen LogP contribution is -2.52. The molecule has 0 spiro atoms. The van der Waals surface area contributed by atoms with E-state index in [-0.39, 0.29) is 23.1 Å².